The number of hydrazone groups is 1. The molecule has 1 aromatic rings. The maximum absolute atomic E-state index is 12.5. The van der Waals surface area contributed by atoms with E-state index in [9.17, 15) is 13.2 Å². The van der Waals surface area contributed by atoms with Crippen molar-refractivity contribution in [3.8, 4) is 0 Å². The first-order valence-corrected chi connectivity index (χ1v) is 6.31. The molecule has 0 saturated carbocycles. The van der Waals surface area contributed by atoms with E-state index in [2.05, 4.69) is 5.10 Å². The number of alkyl halides is 3. The van der Waals surface area contributed by atoms with Crippen molar-refractivity contribution in [2.45, 2.75) is 33.4 Å². The number of rotatable bonds is 4. The molecule has 0 N–H and O–H groups in total. The Hall–Kier alpha value is -1.78. The second-order valence-electron chi connectivity index (χ2n) is 4.72. The van der Waals surface area contributed by atoms with E-state index in [4.69, 9.17) is 0 Å². The summed E-state index contributed by atoms with van der Waals surface area (Å²) >= 11 is 0. The van der Waals surface area contributed by atoms with Gasteiger partial charge in [0.05, 0.1) is 11.3 Å². The Morgan fingerprint density at radius 1 is 1.20 bits per heavy atom. The molecular formula is C15H19F3N2. The monoisotopic (exact) mass is 284 g/mol. The van der Waals surface area contributed by atoms with Gasteiger partial charge in [-0.25, -0.2) is 0 Å². The molecule has 2 nitrogen and oxygen atoms in total. The molecule has 0 atom stereocenters. The van der Waals surface area contributed by atoms with Crippen molar-refractivity contribution in [2.75, 3.05) is 12.1 Å². The van der Waals surface area contributed by atoms with Gasteiger partial charge < -0.3 is 0 Å². The lowest BCUT2D eigenvalue weighted by atomic mass is 10.1. The van der Waals surface area contributed by atoms with Gasteiger partial charge in [0.25, 0.3) is 0 Å². The first-order chi connectivity index (χ1) is 9.24. The van der Waals surface area contributed by atoms with E-state index in [1.165, 1.54) is 17.7 Å². The van der Waals surface area contributed by atoms with Crippen LogP contribution in [0.3, 0.4) is 0 Å². The Labute approximate surface area is 117 Å². The van der Waals surface area contributed by atoms with Crippen LogP contribution in [-0.2, 0) is 6.18 Å². The Morgan fingerprint density at radius 2 is 1.75 bits per heavy atom. The molecule has 110 valence electrons. The number of halogens is 3. The van der Waals surface area contributed by atoms with Crippen LogP contribution >= 0.6 is 0 Å². The van der Waals surface area contributed by atoms with Crippen LogP contribution in [0.4, 0.5) is 18.9 Å². The van der Waals surface area contributed by atoms with Gasteiger partial charge in [0.1, 0.15) is 0 Å². The van der Waals surface area contributed by atoms with Gasteiger partial charge in [0, 0.05) is 19.2 Å². The number of hydrogen-bond donors (Lipinski definition) is 0. The van der Waals surface area contributed by atoms with Gasteiger partial charge in [-0.2, -0.15) is 18.3 Å². The first-order valence-electron chi connectivity index (χ1n) is 6.31. The lowest BCUT2D eigenvalue weighted by molar-refractivity contribution is -0.137. The molecule has 0 aliphatic rings. The van der Waals surface area contributed by atoms with Crippen LogP contribution in [0.1, 0.15) is 32.8 Å². The number of anilines is 1. The third kappa shape index (κ3) is 4.72. The van der Waals surface area contributed by atoms with Crippen LogP contribution < -0.4 is 5.01 Å². The largest absolute Gasteiger partial charge is 0.416 e. The van der Waals surface area contributed by atoms with Crippen LogP contribution in [0, 0.1) is 0 Å². The average Bonchev–Trinajstić information content (AvgIpc) is 2.37. The van der Waals surface area contributed by atoms with E-state index in [1.54, 1.807) is 12.1 Å². The standard InChI is InChI=1S/C15H19F3N2/c1-5-11(2)10-12(3)19-20(4)14-8-6-13(7-9-14)15(16,17)18/h5-9H,10H2,1-4H3/b11-5+,19-12-. The average molecular weight is 284 g/mol. The van der Waals surface area contributed by atoms with Crippen molar-refractivity contribution < 1.29 is 13.2 Å². The molecule has 0 bridgehead atoms. The van der Waals surface area contributed by atoms with E-state index in [0.717, 1.165) is 24.3 Å². The second-order valence-corrected chi connectivity index (χ2v) is 4.72. The van der Waals surface area contributed by atoms with Crippen LogP contribution in [0.2, 0.25) is 0 Å². The van der Waals surface area contributed by atoms with E-state index in [0.29, 0.717) is 5.69 Å². The molecule has 0 aliphatic heterocycles. The van der Waals surface area contributed by atoms with Crippen molar-refractivity contribution in [1.82, 2.24) is 0 Å². The zero-order valence-electron chi connectivity index (χ0n) is 12.1. The fraction of sp³-hybridized carbons (Fsp3) is 0.400. The topological polar surface area (TPSA) is 15.6 Å². The lowest BCUT2D eigenvalue weighted by Gasteiger charge is -2.16. The van der Waals surface area contributed by atoms with E-state index >= 15 is 0 Å². The Morgan fingerprint density at radius 3 is 2.20 bits per heavy atom. The minimum Gasteiger partial charge on any atom is -0.269 e. The third-order valence-electron chi connectivity index (χ3n) is 2.92. The molecule has 0 saturated heterocycles. The molecule has 0 heterocycles. The highest BCUT2D eigenvalue weighted by atomic mass is 19.4. The molecule has 0 radical (unpaired) electrons. The summed E-state index contributed by atoms with van der Waals surface area (Å²) in [6, 6.07) is 4.96. The van der Waals surface area contributed by atoms with E-state index in [1.807, 2.05) is 26.8 Å². The summed E-state index contributed by atoms with van der Waals surface area (Å²) in [6.45, 7) is 5.87. The maximum Gasteiger partial charge on any atom is 0.416 e. The Bertz CT molecular complexity index is 499. The highest BCUT2D eigenvalue weighted by molar-refractivity contribution is 5.84. The maximum atomic E-state index is 12.5. The van der Waals surface area contributed by atoms with Gasteiger partial charge in [0.2, 0.25) is 0 Å². The molecule has 5 heteroatoms. The van der Waals surface area contributed by atoms with Gasteiger partial charge in [0.15, 0.2) is 0 Å². The number of allylic oxidation sites excluding steroid dienone is 2. The predicted molar refractivity (Wildman–Crippen MR) is 77.0 cm³/mol. The van der Waals surface area contributed by atoms with Gasteiger partial charge in [-0.1, -0.05) is 11.6 Å². The summed E-state index contributed by atoms with van der Waals surface area (Å²) in [5, 5.41) is 5.94. The Balaban J connectivity index is 2.83. The zero-order valence-corrected chi connectivity index (χ0v) is 12.1. The van der Waals surface area contributed by atoms with Gasteiger partial charge >= 0.3 is 6.18 Å². The first kappa shape index (κ1) is 16.3. The number of hydrogen-bond acceptors (Lipinski definition) is 2. The zero-order chi connectivity index (χ0) is 15.3. The van der Waals surface area contributed by atoms with Crippen LogP contribution in [-0.4, -0.2) is 12.8 Å². The summed E-state index contributed by atoms with van der Waals surface area (Å²) in [5.41, 5.74) is 2.07. The molecule has 0 amide bonds. The van der Waals surface area contributed by atoms with Crippen molar-refractivity contribution in [1.29, 1.82) is 0 Å². The van der Waals surface area contributed by atoms with Gasteiger partial charge in [-0.3, -0.25) is 5.01 Å². The van der Waals surface area contributed by atoms with E-state index in [-0.39, 0.29) is 0 Å². The van der Waals surface area contributed by atoms with Gasteiger partial charge in [-0.05, 0) is 45.0 Å². The third-order valence-corrected chi connectivity index (χ3v) is 2.92. The minimum atomic E-state index is -4.31. The van der Waals surface area contributed by atoms with Crippen LogP contribution in [0.25, 0.3) is 0 Å². The Kier molecular flexibility index (Phi) is 5.36. The number of nitrogens with zero attached hydrogens (tertiary/aromatic N) is 2. The highest BCUT2D eigenvalue weighted by Gasteiger charge is 2.30. The summed E-state index contributed by atoms with van der Waals surface area (Å²) in [7, 11) is 1.72. The predicted octanol–water partition coefficient (Wildman–Crippen LogP) is 4.87. The molecular weight excluding hydrogens is 265 g/mol. The lowest BCUT2D eigenvalue weighted by Crippen LogP contribution is -2.12. The normalized spacial score (nSPS) is 13.6. The molecule has 1 rings (SSSR count). The fourth-order valence-electron chi connectivity index (χ4n) is 1.72. The van der Waals surface area contributed by atoms with Crippen molar-refractivity contribution >= 4 is 11.4 Å². The molecule has 0 fully saturated rings. The van der Waals surface area contributed by atoms with Crippen molar-refractivity contribution in [3.63, 3.8) is 0 Å². The molecule has 0 aliphatic carbocycles. The van der Waals surface area contributed by atoms with Gasteiger partial charge in [-0.15, -0.1) is 0 Å². The SMILES string of the molecule is C/C=C(\C)C/C(C)=N\N(C)c1ccc(C(F)(F)F)cc1. The van der Waals surface area contributed by atoms with Crippen LogP contribution in [0.15, 0.2) is 41.0 Å². The molecule has 1 aromatic carbocycles. The number of benzene rings is 1. The quantitative estimate of drug-likeness (QED) is 0.437. The smallest absolute Gasteiger partial charge is 0.269 e. The highest BCUT2D eigenvalue weighted by Crippen LogP contribution is 2.30. The van der Waals surface area contributed by atoms with E-state index < -0.39 is 11.7 Å². The summed E-state index contributed by atoms with van der Waals surface area (Å²) in [4.78, 5) is 0. The summed E-state index contributed by atoms with van der Waals surface area (Å²) in [6.07, 6.45) is -1.54. The summed E-state index contributed by atoms with van der Waals surface area (Å²) < 4.78 is 37.4. The van der Waals surface area contributed by atoms with Crippen molar-refractivity contribution in [3.05, 3.63) is 41.5 Å². The molecule has 0 spiro atoms. The van der Waals surface area contributed by atoms with Crippen LogP contribution in [0.5, 0.6) is 0 Å². The fourth-order valence-corrected chi connectivity index (χ4v) is 1.72. The molecule has 0 aromatic heterocycles. The minimum absolute atomic E-state index is 0.621. The van der Waals surface area contributed by atoms with Crippen molar-refractivity contribution in [2.24, 2.45) is 5.10 Å². The molecule has 20 heavy (non-hydrogen) atoms. The molecule has 0 unspecified atom stereocenters. The second kappa shape index (κ2) is 6.59. The summed E-state index contributed by atoms with van der Waals surface area (Å²) in [5.74, 6) is 0.